The fourth-order valence-corrected chi connectivity index (χ4v) is 4.18. The van der Waals surface area contributed by atoms with Crippen molar-refractivity contribution in [2.75, 3.05) is 17.7 Å². The highest BCUT2D eigenvalue weighted by molar-refractivity contribution is 8.00. The number of anilines is 1. The maximum Gasteiger partial charge on any atom is 0.237 e. The summed E-state index contributed by atoms with van der Waals surface area (Å²) in [5.41, 5.74) is 6.08. The van der Waals surface area contributed by atoms with E-state index in [2.05, 4.69) is 42.1 Å². The predicted molar refractivity (Wildman–Crippen MR) is 123 cm³/mol. The summed E-state index contributed by atoms with van der Waals surface area (Å²) in [5, 5.41) is 6.06. The molecule has 0 radical (unpaired) electrons. The number of fused-ring (bicyclic) bond motifs is 1. The van der Waals surface area contributed by atoms with E-state index in [9.17, 15) is 4.79 Å². The average molecular weight is 437 g/mol. The molecule has 0 atom stereocenters. The van der Waals surface area contributed by atoms with Crippen LogP contribution in [0, 0.1) is 13.8 Å². The lowest BCUT2D eigenvalue weighted by Gasteiger charge is -2.17. The summed E-state index contributed by atoms with van der Waals surface area (Å²) in [7, 11) is 1.75. The molecule has 0 bridgehead atoms. The highest BCUT2D eigenvalue weighted by Crippen LogP contribution is 2.28. The molecule has 0 unspecified atom stereocenters. The van der Waals surface area contributed by atoms with Crippen LogP contribution in [0.5, 0.6) is 0 Å². The molecule has 4 rings (SSSR count). The van der Waals surface area contributed by atoms with Gasteiger partial charge in [-0.3, -0.25) is 4.79 Å². The van der Waals surface area contributed by atoms with E-state index < -0.39 is 0 Å². The predicted octanol–water partition coefficient (Wildman–Crippen LogP) is 5.42. The molecule has 30 heavy (non-hydrogen) atoms. The minimum atomic E-state index is -0.0278. The maximum absolute atomic E-state index is 12.7. The molecule has 1 amide bonds. The van der Waals surface area contributed by atoms with Gasteiger partial charge in [0.1, 0.15) is 5.03 Å². The van der Waals surface area contributed by atoms with Gasteiger partial charge in [0.25, 0.3) is 0 Å². The minimum Gasteiger partial charge on any atom is -0.315 e. The van der Waals surface area contributed by atoms with E-state index in [-0.39, 0.29) is 11.7 Å². The van der Waals surface area contributed by atoms with Crippen molar-refractivity contribution >= 4 is 40.5 Å². The molecule has 7 heteroatoms. The second-order valence-corrected chi connectivity index (χ2v) is 8.51. The van der Waals surface area contributed by atoms with Gasteiger partial charge in [-0.25, -0.2) is 9.50 Å². The van der Waals surface area contributed by atoms with Gasteiger partial charge in [0, 0.05) is 35.7 Å². The zero-order valence-electron chi connectivity index (χ0n) is 17.0. The van der Waals surface area contributed by atoms with Gasteiger partial charge in [-0.05, 0) is 55.3 Å². The Bertz CT molecular complexity index is 1240. The van der Waals surface area contributed by atoms with Gasteiger partial charge in [0.15, 0.2) is 0 Å². The molecule has 0 N–H and O–H groups in total. The van der Waals surface area contributed by atoms with E-state index in [1.54, 1.807) is 30.3 Å². The van der Waals surface area contributed by atoms with Crippen LogP contribution < -0.4 is 4.90 Å². The topological polar surface area (TPSA) is 50.5 Å². The van der Waals surface area contributed by atoms with Crippen LogP contribution >= 0.6 is 23.4 Å². The third kappa shape index (κ3) is 4.20. The van der Waals surface area contributed by atoms with E-state index in [1.165, 1.54) is 22.9 Å². The molecular weight excluding hydrogens is 416 g/mol. The van der Waals surface area contributed by atoms with Crippen LogP contribution in [0.1, 0.15) is 11.1 Å². The Morgan fingerprint density at radius 1 is 1.13 bits per heavy atom. The highest BCUT2D eigenvalue weighted by atomic mass is 35.5. The fraction of sp³-hybridized carbons (Fsp3) is 0.174. The van der Waals surface area contributed by atoms with Crippen LogP contribution in [0.25, 0.3) is 16.8 Å². The summed E-state index contributed by atoms with van der Waals surface area (Å²) in [6, 6.07) is 15.6. The summed E-state index contributed by atoms with van der Waals surface area (Å²) in [6.45, 7) is 4.19. The lowest BCUT2D eigenvalue weighted by atomic mass is 10.0. The highest BCUT2D eigenvalue weighted by Gasteiger charge is 2.15. The number of halogens is 1. The van der Waals surface area contributed by atoms with Crippen molar-refractivity contribution in [1.82, 2.24) is 14.6 Å². The van der Waals surface area contributed by atoms with Crippen molar-refractivity contribution in [2.24, 2.45) is 0 Å². The van der Waals surface area contributed by atoms with Gasteiger partial charge in [-0.2, -0.15) is 5.10 Å². The van der Waals surface area contributed by atoms with E-state index in [4.69, 9.17) is 11.6 Å². The van der Waals surface area contributed by atoms with Crippen molar-refractivity contribution in [2.45, 2.75) is 18.9 Å². The molecule has 2 aromatic heterocycles. The smallest absolute Gasteiger partial charge is 0.237 e. The molecular formula is C23H21ClN4OS. The van der Waals surface area contributed by atoms with Crippen molar-refractivity contribution in [3.63, 3.8) is 0 Å². The molecule has 4 aromatic rings. The first-order valence-electron chi connectivity index (χ1n) is 9.49. The molecule has 5 nitrogen and oxygen atoms in total. The third-order valence-corrected chi connectivity index (χ3v) is 6.27. The monoisotopic (exact) mass is 436 g/mol. The molecule has 0 saturated carbocycles. The summed E-state index contributed by atoms with van der Waals surface area (Å²) < 4.78 is 1.81. The van der Waals surface area contributed by atoms with Gasteiger partial charge in [0.2, 0.25) is 5.91 Å². The van der Waals surface area contributed by atoms with Crippen molar-refractivity contribution in [3.05, 3.63) is 77.1 Å². The number of aromatic nitrogens is 3. The largest absolute Gasteiger partial charge is 0.315 e. The summed E-state index contributed by atoms with van der Waals surface area (Å²) in [5.74, 6) is 0.236. The lowest BCUT2D eigenvalue weighted by Crippen LogP contribution is -2.27. The Morgan fingerprint density at radius 2 is 1.97 bits per heavy atom. The summed E-state index contributed by atoms with van der Waals surface area (Å²) in [4.78, 5) is 18.8. The number of benzene rings is 2. The number of hydrogen-bond acceptors (Lipinski definition) is 4. The van der Waals surface area contributed by atoms with Gasteiger partial charge < -0.3 is 4.90 Å². The quantitative estimate of drug-likeness (QED) is 0.392. The number of hydrogen-bond donors (Lipinski definition) is 0. The van der Waals surface area contributed by atoms with Gasteiger partial charge in [-0.1, -0.05) is 41.6 Å². The molecule has 0 aliphatic heterocycles. The van der Waals surface area contributed by atoms with E-state index in [0.29, 0.717) is 5.02 Å². The number of carbonyl (C=O) groups is 1. The first-order chi connectivity index (χ1) is 14.4. The number of carbonyl (C=O) groups excluding carboxylic acids is 1. The van der Waals surface area contributed by atoms with Crippen LogP contribution in [-0.2, 0) is 4.79 Å². The second kappa shape index (κ2) is 8.50. The Kier molecular flexibility index (Phi) is 5.79. The van der Waals surface area contributed by atoms with Crippen LogP contribution in [0.15, 0.2) is 66.0 Å². The Labute approximate surface area is 184 Å². The molecule has 152 valence electrons. The SMILES string of the molecule is Cc1ccc(-c2cc3c(SCC(=O)N(C)c4cccc(Cl)c4)nccn3n2)cc1C. The van der Waals surface area contributed by atoms with E-state index in [0.717, 1.165) is 27.5 Å². The average Bonchev–Trinajstić information content (AvgIpc) is 3.18. The number of amides is 1. The maximum atomic E-state index is 12.7. The zero-order chi connectivity index (χ0) is 21.3. The standard InChI is InChI=1S/C23H21ClN4OS/c1-15-7-8-17(11-16(15)2)20-13-21-23(25-9-10-28(21)26-20)30-14-22(29)27(3)19-6-4-5-18(24)12-19/h4-13H,14H2,1-3H3. The van der Waals surface area contributed by atoms with Crippen LogP contribution in [0.2, 0.25) is 5.02 Å². The van der Waals surface area contributed by atoms with Crippen LogP contribution in [0.4, 0.5) is 5.69 Å². The van der Waals surface area contributed by atoms with Crippen molar-refractivity contribution < 1.29 is 4.79 Å². The van der Waals surface area contributed by atoms with Gasteiger partial charge in [0.05, 0.1) is 17.0 Å². The van der Waals surface area contributed by atoms with E-state index >= 15 is 0 Å². The van der Waals surface area contributed by atoms with Gasteiger partial charge >= 0.3 is 0 Å². The second-order valence-electron chi connectivity index (χ2n) is 7.11. The summed E-state index contributed by atoms with van der Waals surface area (Å²) >= 11 is 7.44. The third-order valence-electron chi connectivity index (χ3n) is 5.06. The number of aryl methyl sites for hydroxylation is 2. The lowest BCUT2D eigenvalue weighted by molar-refractivity contribution is -0.115. The number of thioether (sulfide) groups is 1. The molecule has 0 fully saturated rings. The first-order valence-corrected chi connectivity index (χ1v) is 10.9. The van der Waals surface area contributed by atoms with Crippen LogP contribution in [-0.4, -0.2) is 33.3 Å². The Balaban J connectivity index is 1.55. The van der Waals surface area contributed by atoms with E-state index in [1.807, 2.05) is 28.9 Å². The minimum absolute atomic E-state index is 0.0278. The van der Waals surface area contributed by atoms with Crippen LogP contribution in [0.3, 0.4) is 0 Å². The zero-order valence-corrected chi connectivity index (χ0v) is 18.5. The molecule has 2 heterocycles. The molecule has 0 aliphatic rings. The normalized spacial score (nSPS) is 11.1. The number of nitrogens with zero attached hydrogens (tertiary/aromatic N) is 4. The number of rotatable bonds is 5. The van der Waals surface area contributed by atoms with Crippen molar-refractivity contribution in [3.8, 4) is 11.3 Å². The van der Waals surface area contributed by atoms with Gasteiger partial charge in [-0.15, -0.1) is 0 Å². The molecule has 0 spiro atoms. The molecule has 0 saturated heterocycles. The molecule has 2 aromatic carbocycles. The Morgan fingerprint density at radius 3 is 2.73 bits per heavy atom. The first kappa shape index (κ1) is 20.4. The summed E-state index contributed by atoms with van der Waals surface area (Å²) in [6.07, 6.45) is 3.53. The molecule has 0 aliphatic carbocycles. The van der Waals surface area contributed by atoms with Crippen molar-refractivity contribution in [1.29, 1.82) is 0 Å². The fourth-order valence-electron chi connectivity index (χ4n) is 3.11. The Hall–Kier alpha value is -2.83.